The van der Waals surface area contributed by atoms with Gasteiger partial charge in [-0.25, -0.2) is 4.98 Å². The lowest BCUT2D eigenvalue weighted by molar-refractivity contribution is -0.118. The van der Waals surface area contributed by atoms with Gasteiger partial charge >= 0.3 is 0 Å². The molecule has 0 unspecified atom stereocenters. The van der Waals surface area contributed by atoms with Crippen molar-refractivity contribution < 1.29 is 4.79 Å². The SMILES string of the molecule is CNc1ncc([C@H]2CCCN2C=O)cc1C. The van der Waals surface area contributed by atoms with Gasteiger partial charge in [0.1, 0.15) is 5.82 Å². The van der Waals surface area contributed by atoms with Crippen molar-refractivity contribution in [3.05, 3.63) is 23.4 Å². The Labute approximate surface area is 95.7 Å². The number of aromatic nitrogens is 1. The highest BCUT2D eigenvalue weighted by molar-refractivity contribution is 5.51. The van der Waals surface area contributed by atoms with Crippen LogP contribution in [0.1, 0.15) is 30.0 Å². The quantitative estimate of drug-likeness (QED) is 0.787. The third kappa shape index (κ3) is 1.87. The Balaban J connectivity index is 2.27. The van der Waals surface area contributed by atoms with Gasteiger partial charge in [0.15, 0.2) is 0 Å². The van der Waals surface area contributed by atoms with Gasteiger partial charge in [-0.3, -0.25) is 4.79 Å². The van der Waals surface area contributed by atoms with Crippen LogP contribution >= 0.6 is 0 Å². The van der Waals surface area contributed by atoms with E-state index < -0.39 is 0 Å². The van der Waals surface area contributed by atoms with Gasteiger partial charge in [-0.15, -0.1) is 0 Å². The van der Waals surface area contributed by atoms with Gasteiger partial charge in [0.25, 0.3) is 0 Å². The first-order valence-corrected chi connectivity index (χ1v) is 5.61. The van der Waals surface area contributed by atoms with Gasteiger partial charge in [0, 0.05) is 19.8 Å². The summed E-state index contributed by atoms with van der Waals surface area (Å²) in [5.41, 5.74) is 2.26. The fourth-order valence-electron chi connectivity index (χ4n) is 2.31. The topological polar surface area (TPSA) is 45.2 Å². The molecular formula is C12H17N3O. The number of carbonyl (C=O) groups is 1. The zero-order chi connectivity index (χ0) is 11.5. The number of aryl methyl sites for hydroxylation is 1. The molecule has 1 aliphatic rings. The molecule has 1 amide bonds. The summed E-state index contributed by atoms with van der Waals surface area (Å²) in [5.74, 6) is 0.902. The summed E-state index contributed by atoms with van der Waals surface area (Å²) in [6, 6.07) is 2.33. The first kappa shape index (κ1) is 10.9. The van der Waals surface area contributed by atoms with Gasteiger partial charge in [0.2, 0.25) is 6.41 Å². The van der Waals surface area contributed by atoms with Crippen molar-refractivity contribution in [2.45, 2.75) is 25.8 Å². The Hall–Kier alpha value is -1.58. The van der Waals surface area contributed by atoms with Crippen molar-refractivity contribution in [1.29, 1.82) is 0 Å². The molecule has 4 heteroatoms. The first-order valence-electron chi connectivity index (χ1n) is 5.61. The number of hydrogen-bond acceptors (Lipinski definition) is 3. The summed E-state index contributed by atoms with van der Waals surface area (Å²) in [6.07, 6.45) is 4.93. The third-order valence-electron chi connectivity index (χ3n) is 3.15. The number of rotatable bonds is 3. The van der Waals surface area contributed by atoms with Crippen LogP contribution in [0.2, 0.25) is 0 Å². The summed E-state index contributed by atoms with van der Waals surface area (Å²) < 4.78 is 0. The van der Waals surface area contributed by atoms with Crippen LogP contribution in [0.15, 0.2) is 12.3 Å². The first-order chi connectivity index (χ1) is 7.76. The van der Waals surface area contributed by atoms with Gasteiger partial charge in [-0.2, -0.15) is 0 Å². The molecule has 0 spiro atoms. The van der Waals surface area contributed by atoms with Crippen LogP contribution in [0.3, 0.4) is 0 Å². The molecule has 1 aliphatic heterocycles. The molecule has 0 saturated carbocycles. The number of carbonyl (C=O) groups excluding carboxylic acids is 1. The predicted molar refractivity (Wildman–Crippen MR) is 63.3 cm³/mol. The summed E-state index contributed by atoms with van der Waals surface area (Å²) in [5, 5.41) is 3.04. The number of anilines is 1. The zero-order valence-electron chi connectivity index (χ0n) is 9.73. The van der Waals surface area contributed by atoms with Crippen molar-refractivity contribution in [3.63, 3.8) is 0 Å². The lowest BCUT2D eigenvalue weighted by Gasteiger charge is -2.20. The summed E-state index contributed by atoms with van der Waals surface area (Å²) in [4.78, 5) is 17.1. The smallest absolute Gasteiger partial charge is 0.210 e. The fraction of sp³-hybridized carbons (Fsp3) is 0.500. The van der Waals surface area contributed by atoms with Crippen molar-refractivity contribution in [1.82, 2.24) is 9.88 Å². The normalized spacial score (nSPS) is 19.9. The van der Waals surface area contributed by atoms with E-state index in [9.17, 15) is 4.79 Å². The Morgan fingerprint density at radius 1 is 1.62 bits per heavy atom. The number of pyridine rings is 1. The molecule has 0 radical (unpaired) electrons. The molecular weight excluding hydrogens is 202 g/mol. The second kappa shape index (κ2) is 4.51. The highest BCUT2D eigenvalue weighted by Gasteiger charge is 2.25. The van der Waals surface area contributed by atoms with Crippen molar-refractivity contribution in [2.24, 2.45) is 0 Å². The van der Waals surface area contributed by atoms with Gasteiger partial charge < -0.3 is 10.2 Å². The van der Waals surface area contributed by atoms with Gasteiger partial charge in [-0.05, 0) is 37.0 Å². The third-order valence-corrected chi connectivity index (χ3v) is 3.15. The number of hydrogen-bond donors (Lipinski definition) is 1. The van der Waals surface area contributed by atoms with E-state index in [-0.39, 0.29) is 6.04 Å². The van der Waals surface area contributed by atoms with Gasteiger partial charge in [0.05, 0.1) is 6.04 Å². The van der Waals surface area contributed by atoms with E-state index in [0.29, 0.717) is 0 Å². The molecule has 16 heavy (non-hydrogen) atoms. The van der Waals surface area contributed by atoms with Crippen molar-refractivity contribution >= 4 is 12.2 Å². The monoisotopic (exact) mass is 219 g/mol. The van der Waals surface area contributed by atoms with E-state index in [1.807, 2.05) is 25.1 Å². The average molecular weight is 219 g/mol. The molecule has 1 fully saturated rings. The second-order valence-corrected chi connectivity index (χ2v) is 4.19. The maximum absolute atomic E-state index is 10.9. The van der Waals surface area contributed by atoms with Crippen LogP contribution in [-0.4, -0.2) is 29.9 Å². The molecule has 2 heterocycles. The lowest BCUT2D eigenvalue weighted by Crippen LogP contribution is -2.21. The minimum Gasteiger partial charge on any atom is -0.373 e. The minimum atomic E-state index is 0.217. The molecule has 0 aromatic carbocycles. The largest absolute Gasteiger partial charge is 0.373 e. The molecule has 4 nitrogen and oxygen atoms in total. The van der Waals surface area contributed by atoms with Crippen LogP contribution in [0, 0.1) is 6.92 Å². The fourth-order valence-corrected chi connectivity index (χ4v) is 2.31. The molecule has 0 bridgehead atoms. The number of nitrogens with zero attached hydrogens (tertiary/aromatic N) is 2. The maximum Gasteiger partial charge on any atom is 0.210 e. The maximum atomic E-state index is 10.9. The lowest BCUT2D eigenvalue weighted by atomic mass is 10.1. The van der Waals surface area contributed by atoms with E-state index in [1.165, 1.54) is 0 Å². The van der Waals surface area contributed by atoms with Crippen LogP contribution < -0.4 is 5.32 Å². The summed E-state index contributed by atoms with van der Waals surface area (Å²) >= 11 is 0. The number of nitrogens with one attached hydrogen (secondary N) is 1. The molecule has 2 rings (SSSR count). The zero-order valence-corrected chi connectivity index (χ0v) is 9.73. The Morgan fingerprint density at radius 3 is 3.06 bits per heavy atom. The summed E-state index contributed by atoms with van der Waals surface area (Å²) in [6.45, 7) is 2.89. The minimum absolute atomic E-state index is 0.217. The van der Waals surface area contributed by atoms with Gasteiger partial charge in [-0.1, -0.05) is 0 Å². The van der Waals surface area contributed by atoms with Crippen LogP contribution in [0.5, 0.6) is 0 Å². The molecule has 1 N–H and O–H groups in total. The standard InChI is InChI=1S/C12H17N3O/c1-9-6-10(7-14-12(9)13-2)11-4-3-5-15(11)8-16/h6-8,11H,3-5H2,1-2H3,(H,13,14)/t11-/m1/s1. The molecule has 0 aliphatic carbocycles. The highest BCUT2D eigenvalue weighted by atomic mass is 16.1. The molecule has 1 aromatic rings. The van der Waals surface area contributed by atoms with Crippen LogP contribution in [0.25, 0.3) is 0 Å². The molecule has 86 valence electrons. The van der Waals surface area contributed by atoms with E-state index >= 15 is 0 Å². The Kier molecular flexibility index (Phi) is 3.08. The van der Waals surface area contributed by atoms with E-state index in [2.05, 4.69) is 16.4 Å². The second-order valence-electron chi connectivity index (χ2n) is 4.19. The molecule has 1 saturated heterocycles. The number of likely N-dealkylation sites (tertiary alicyclic amines) is 1. The predicted octanol–water partition coefficient (Wildman–Crippen LogP) is 1.73. The molecule has 1 atom stereocenters. The van der Waals surface area contributed by atoms with Crippen LogP contribution in [0.4, 0.5) is 5.82 Å². The van der Waals surface area contributed by atoms with E-state index in [0.717, 1.165) is 42.7 Å². The Morgan fingerprint density at radius 2 is 2.44 bits per heavy atom. The average Bonchev–Trinajstić information content (AvgIpc) is 2.77. The number of amides is 1. The Bertz CT molecular complexity index is 392. The van der Waals surface area contributed by atoms with Crippen molar-refractivity contribution in [3.8, 4) is 0 Å². The van der Waals surface area contributed by atoms with E-state index in [1.54, 1.807) is 0 Å². The molecule has 1 aromatic heterocycles. The van der Waals surface area contributed by atoms with E-state index in [4.69, 9.17) is 0 Å². The van der Waals surface area contributed by atoms with Crippen molar-refractivity contribution in [2.75, 3.05) is 18.9 Å². The summed E-state index contributed by atoms with van der Waals surface area (Å²) in [7, 11) is 1.86. The van der Waals surface area contributed by atoms with Crippen LogP contribution in [-0.2, 0) is 4.79 Å². The highest BCUT2D eigenvalue weighted by Crippen LogP contribution is 2.31.